The molecule has 0 bridgehead atoms. The zero-order valence-corrected chi connectivity index (χ0v) is 12.9. The molecule has 6 heteroatoms. The largest absolute Gasteiger partial charge is 0.351 e. The second-order valence-corrected chi connectivity index (χ2v) is 6.78. The second kappa shape index (κ2) is 6.61. The van der Waals surface area contributed by atoms with Crippen molar-refractivity contribution in [1.82, 2.24) is 14.9 Å². The van der Waals surface area contributed by atoms with Gasteiger partial charge in [0.15, 0.2) is 0 Å². The lowest BCUT2D eigenvalue weighted by atomic mass is 9.89. The standard InChI is InChI=1S/C12H18BrN3OS/c1-2-10-11(18-16-15-10)12(17)14-7-8-3-5-9(13)6-4-8/h8-9H,2-7H2,1H3,(H,14,17). The van der Waals surface area contributed by atoms with Crippen LogP contribution in [0.1, 0.15) is 48.0 Å². The summed E-state index contributed by atoms with van der Waals surface area (Å²) in [5, 5.41) is 6.98. The number of alkyl halides is 1. The Kier molecular flexibility index (Phi) is 5.12. The minimum atomic E-state index is -0.0113. The average molecular weight is 332 g/mol. The molecule has 100 valence electrons. The summed E-state index contributed by atoms with van der Waals surface area (Å²) in [6, 6.07) is 0. The van der Waals surface area contributed by atoms with E-state index >= 15 is 0 Å². The highest BCUT2D eigenvalue weighted by atomic mass is 79.9. The number of nitrogens with zero attached hydrogens (tertiary/aromatic N) is 2. The minimum absolute atomic E-state index is 0.0113. The third-order valence-corrected chi connectivity index (χ3v) is 5.11. The van der Waals surface area contributed by atoms with Crippen molar-refractivity contribution in [2.24, 2.45) is 5.92 Å². The molecule has 1 amide bonds. The topological polar surface area (TPSA) is 54.9 Å². The molecular formula is C12H18BrN3OS. The molecule has 0 atom stereocenters. The minimum Gasteiger partial charge on any atom is -0.351 e. The maximum atomic E-state index is 12.0. The molecule has 0 aromatic carbocycles. The van der Waals surface area contributed by atoms with Crippen molar-refractivity contribution < 1.29 is 4.79 Å². The van der Waals surface area contributed by atoms with Crippen molar-refractivity contribution in [2.75, 3.05) is 6.54 Å². The van der Waals surface area contributed by atoms with Gasteiger partial charge in [0.1, 0.15) is 4.88 Å². The lowest BCUT2D eigenvalue weighted by molar-refractivity contribution is 0.0947. The third kappa shape index (κ3) is 3.51. The molecule has 0 unspecified atom stereocenters. The first-order valence-electron chi connectivity index (χ1n) is 6.44. The Balaban J connectivity index is 1.81. The molecule has 0 aliphatic heterocycles. The summed E-state index contributed by atoms with van der Waals surface area (Å²) in [6.07, 6.45) is 5.56. The first kappa shape index (κ1) is 13.9. The molecular weight excluding hydrogens is 314 g/mol. The van der Waals surface area contributed by atoms with Crippen LogP contribution in [0.15, 0.2) is 0 Å². The van der Waals surface area contributed by atoms with Crippen LogP contribution in [0.4, 0.5) is 0 Å². The molecule has 1 saturated carbocycles. The lowest BCUT2D eigenvalue weighted by Crippen LogP contribution is -2.31. The Morgan fingerprint density at radius 1 is 1.44 bits per heavy atom. The Hall–Kier alpha value is -0.490. The average Bonchev–Trinajstić information content (AvgIpc) is 2.86. The van der Waals surface area contributed by atoms with Gasteiger partial charge in [0.25, 0.3) is 5.91 Å². The monoisotopic (exact) mass is 331 g/mol. The van der Waals surface area contributed by atoms with Gasteiger partial charge in [0.05, 0.1) is 5.69 Å². The van der Waals surface area contributed by atoms with E-state index in [1.165, 1.54) is 37.2 Å². The number of hydrogen-bond donors (Lipinski definition) is 1. The first-order valence-corrected chi connectivity index (χ1v) is 8.13. The maximum absolute atomic E-state index is 12.0. The number of amides is 1. The highest BCUT2D eigenvalue weighted by Gasteiger charge is 2.21. The van der Waals surface area contributed by atoms with E-state index in [-0.39, 0.29) is 5.91 Å². The summed E-state index contributed by atoms with van der Waals surface area (Å²) in [5.41, 5.74) is 0.807. The molecule has 1 heterocycles. The molecule has 0 spiro atoms. The Bertz CT molecular complexity index is 402. The number of halogens is 1. The summed E-state index contributed by atoms with van der Waals surface area (Å²) in [7, 11) is 0. The van der Waals surface area contributed by atoms with Gasteiger partial charge in [-0.25, -0.2) is 0 Å². The van der Waals surface area contributed by atoms with Crippen molar-refractivity contribution in [3.8, 4) is 0 Å². The molecule has 0 saturated heterocycles. The van der Waals surface area contributed by atoms with Crippen LogP contribution in [0, 0.1) is 5.92 Å². The fourth-order valence-corrected chi connectivity index (χ4v) is 3.45. The lowest BCUT2D eigenvalue weighted by Gasteiger charge is -2.25. The van der Waals surface area contributed by atoms with Gasteiger partial charge in [-0.2, -0.15) is 0 Å². The van der Waals surface area contributed by atoms with Crippen LogP contribution >= 0.6 is 27.5 Å². The Morgan fingerprint density at radius 2 is 2.17 bits per heavy atom. The zero-order chi connectivity index (χ0) is 13.0. The summed E-state index contributed by atoms with van der Waals surface area (Å²) in [4.78, 5) is 13.3. The van der Waals surface area contributed by atoms with E-state index in [1.807, 2.05) is 6.92 Å². The summed E-state index contributed by atoms with van der Waals surface area (Å²) in [6.45, 7) is 2.77. The number of hydrogen-bond acceptors (Lipinski definition) is 4. The van der Waals surface area contributed by atoms with E-state index in [0.717, 1.165) is 18.7 Å². The molecule has 2 rings (SSSR count). The molecule has 4 nitrogen and oxygen atoms in total. The molecule has 1 N–H and O–H groups in total. The van der Waals surface area contributed by atoms with Gasteiger partial charge >= 0.3 is 0 Å². The van der Waals surface area contributed by atoms with E-state index in [0.29, 0.717) is 15.6 Å². The predicted molar refractivity (Wildman–Crippen MR) is 76.3 cm³/mol. The predicted octanol–water partition coefficient (Wildman–Crippen LogP) is 2.78. The SMILES string of the molecule is CCc1nnsc1C(=O)NCC1CCC(Br)CC1. The van der Waals surface area contributed by atoms with Crippen LogP contribution in [-0.2, 0) is 6.42 Å². The van der Waals surface area contributed by atoms with Crippen molar-refractivity contribution in [2.45, 2.75) is 43.9 Å². The van der Waals surface area contributed by atoms with Crippen molar-refractivity contribution in [3.05, 3.63) is 10.6 Å². The molecule has 18 heavy (non-hydrogen) atoms. The third-order valence-electron chi connectivity index (χ3n) is 3.42. The van der Waals surface area contributed by atoms with Gasteiger partial charge in [-0.15, -0.1) is 5.10 Å². The molecule has 1 fully saturated rings. The molecule has 1 aromatic rings. The number of aryl methyl sites for hydroxylation is 1. The zero-order valence-electron chi connectivity index (χ0n) is 10.5. The maximum Gasteiger partial charge on any atom is 0.264 e. The van der Waals surface area contributed by atoms with Crippen LogP contribution in [0.25, 0.3) is 0 Å². The molecule has 1 aliphatic carbocycles. The van der Waals surface area contributed by atoms with Gasteiger partial charge in [-0.3, -0.25) is 4.79 Å². The van der Waals surface area contributed by atoms with Crippen LogP contribution in [0.2, 0.25) is 0 Å². The Morgan fingerprint density at radius 3 is 2.83 bits per heavy atom. The van der Waals surface area contributed by atoms with Gasteiger partial charge in [-0.1, -0.05) is 27.3 Å². The van der Waals surface area contributed by atoms with Crippen LogP contribution < -0.4 is 5.32 Å². The van der Waals surface area contributed by atoms with Crippen LogP contribution in [0.3, 0.4) is 0 Å². The number of rotatable bonds is 4. The number of carbonyl (C=O) groups excluding carboxylic acids is 1. The first-order chi connectivity index (χ1) is 8.70. The summed E-state index contributed by atoms with van der Waals surface area (Å²) < 4.78 is 3.84. The summed E-state index contributed by atoms with van der Waals surface area (Å²) >= 11 is 4.83. The van der Waals surface area contributed by atoms with Gasteiger partial charge in [-0.05, 0) is 49.6 Å². The smallest absolute Gasteiger partial charge is 0.264 e. The normalized spacial score (nSPS) is 23.9. The van der Waals surface area contributed by atoms with Gasteiger partial charge < -0.3 is 5.32 Å². The van der Waals surface area contributed by atoms with Crippen LogP contribution in [-0.4, -0.2) is 26.9 Å². The van der Waals surface area contributed by atoms with Crippen LogP contribution in [0.5, 0.6) is 0 Å². The Labute approximate surface area is 120 Å². The fraction of sp³-hybridized carbons (Fsp3) is 0.750. The fourth-order valence-electron chi connectivity index (χ4n) is 2.26. The number of nitrogens with one attached hydrogen (secondary N) is 1. The quantitative estimate of drug-likeness (QED) is 0.863. The van der Waals surface area contributed by atoms with E-state index in [1.54, 1.807) is 0 Å². The van der Waals surface area contributed by atoms with E-state index in [2.05, 4.69) is 30.8 Å². The second-order valence-electron chi connectivity index (χ2n) is 4.73. The van der Waals surface area contributed by atoms with Crippen molar-refractivity contribution in [3.63, 3.8) is 0 Å². The summed E-state index contributed by atoms with van der Waals surface area (Å²) in [5.74, 6) is 0.608. The molecule has 1 aliphatic rings. The van der Waals surface area contributed by atoms with E-state index in [9.17, 15) is 4.79 Å². The van der Waals surface area contributed by atoms with Gasteiger partial charge in [0, 0.05) is 11.4 Å². The highest BCUT2D eigenvalue weighted by Crippen LogP contribution is 2.28. The number of aromatic nitrogens is 2. The van der Waals surface area contributed by atoms with Crippen molar-refractivity contribution >= 4 is 33.4 Å². The number of carbonyl (C=O) groups is 1. The van der Waals surface area contributed by atoms with E-state index < -0.39 is 0 Å². The molecule has 1 aromatic heterocycles. The molecule has 0 radical (unpaired) electrons. The van der Waals surface area contributed by atoms with Crippen molar-refractivity contribution in [1.29, 1.82) is 0 Å². The van der Waals surface area contributed by atoms with Gasteiger partial charge in [0.2, 0.25) is 0 Å². The van der Waals surface area contributed by atoms with E-state index in [4.69, 9.17) is 0 Å². The highest BCUT2D eigenvalue weighted by molar-refractivity contribution is 9.09.